The van der Waals surface area contributed by atoms with E-state index in [9.17, 15) is 4.79 Å². The zero-order valence-electron chi connectivity index (χ0n) is 16.6. The van der Waals surface area contributed by atoms with E-state index < -0.39 is 0 Å². The standard InChI is InChI=1S/C22H24N2O3S/c1-5-26-19-12-16(13-20-21(25)24(4)22(23-3)28-20)9-10-18(19)27-14-17-8-6-7-15(2)11-17/h6-13H,5,14H2,1-4H3/b20-13+,23-22?. The van der Waals surface area contributed by atoms with Crippen molar-refractivity contribution in [1.82, 2.24) is 4.90 Å². The van der Waals surface area contributed by atoms with Gasteiger partial charge in [0.25, 0.3) is 5.91 Å². The summed E-state index contributed by atoms with van der Waals surface area (Å²) >= 11 is 1.37. The average molecular weight is 397 g/mol. The number of amidine groups is 1. The molecule has 1 aliphatic heterocycles. The monoisotopic (exact) mass is 396 g/mol. The van der Waals surface area contributed by atoms with Crippen LogP contribution in [-0.4, -0.2) is 36.7 Å². The largest absolute Gasteiger partial charge is 0.490 e. The van der Waals surface area contributed by atoms with Crippen molar-refractivity contribution in [2.24, 2.45) is 4.99 Å². The molecule has 0 radical (unpaired) electrons. The highest BCUT2D eigenvalue weighted by molar-refractivity contribution is 8.18. The zero-order valence-corrected chi connectivity index (χ0v) is 17.4. The molecule has 0 saturated carbocycles. The molecule has 0 aromatic heterocycles. The molecule has 1 aliphatic rings. The van der Waals surface area contributed by atoms with Gasteiger partial charge in [-0.25, -0.2) is 0 Å². The van der Waals surface area contributed by atoms with Crippen molar-refractivity contribution >= 4 is 28.9 Å². The summed E-state index contributed by atoms with van der Waals surface area (Å²) < 4.78 is 11.7. The number of carbonyl (C=O) groups excluding carboxylic acids is 1. The lowest BCUT2D eigenvalue weighted by molar-refractivity contribution is -0.121. The van der Waals surface area contributed by atoms with Crippen LogP contribution in [0.5, 0.6) is 11.5 Å². The van der Waals surface area contributed by atoms with E-state index >= 15 is 0 Å². The predicted octanol–water partition coefficient (Wildman–Crippen LogP) is 4.50. The molecule has 6 heteroatoms. The van der Waals surface area contributed by atoms with Crippen LogP contribution in [0.3, 0.4) is 0 Å². The molecule has 0 atom stereocenters. The first-order chi connectivity index (χ1) is 13.5. The fraction of sp³-hybridized carbons (Fsp3) is 0.273. The van der Waals surface area contributed by atoms with Crippen molar-refractivity contribution in [2.75, 3.05) is 20.7 Å². The van der Waals surface area contributed by atoms with Crippen molar-refractivity contribution in [3.63, 3.8) is 0 Å². The molecule has 1 amide bonds. The number of hydrogen-bond donors (Lipinski definition) is 0. The van der Waals surface area contributed by atoms with E-state index in [1.54, 1.807) is 19.0 Å². The molecule has 5 nitrogen and oxygen atoms in total. The number of nitrogens with zero attached hydrogens (tertiary/aromatic N) is 2. The van der Waals surface area contributed by atoms with Gasteiger partial charge in [-0.05, 0) is 54.9 Å². The topological polar surface area (TPSA) is 51.1 Å². The smallest absolute Gasteiger partial charge is 0.266 e. The quantitative estimate of drug-likeness (QED) is 0.675. The molecule has 2 aromatic carbocycles. The predicted molar refractivity (Wildman–Crippen MR) is 115 cm³/mol. The van der Waals surface area contributed by atoms with Crippen molar-refractivity contribution in [3.05, 3.63) is 64.1 Å². The first kappa shape index (κ1) is 20.0. The third-order valence-corrected chi connectivity index (χ3v) is 5.39. The van der Waals surface area contributed by atoms with Crippen molar-refractivity contribution < 1.29 is 14.3 Å². The highest BCUT2D eigenvalue weighted by Gasteiger charge is 2.29. The van der Waals surface area contributed by atoms with Gasteiger partial charge in [0.15, 0.2) is 16.7 Å². The van der Waals surface area contributed by atoms with E-state index in [0.29, 0.717) is 34.8 Å². The lowest BCUT2D eigenvalue weighted by atomic mass is 10.1. The lowest BCUT2D eigenvalue weighted by Gasteiger charge is -2.13. The average Bonchev–Trinajstić information content (AvgIpc) is 2.95. The molecule has 28 heavy (non-hydrogen) atoms. The summed E-state index contributed by atoms with van der Waals surface area (Å²) in [7, 11) is 3.41. The molecule has 0 bridgehead atoms. The number of aliphatic imine (C=N–C) groups is 1. The Labute approximate surface area is 170 Å². The van der Waals surface area contributed by atoms with Crippen LogP contribution in [0.2, 0.25) is 0 Å². The molecule has 0 spiro atoms. The highest BCUT2D eigenvalue weighted by Crippen LogP contribution is 2.34. The van der Waals surface area contributed by atoms with Gasteiger partial charge in [0, 0.05) is 14.1 Å². The van der Waals surface area contributed by atoms with Gasteiger partial charge < -0.3 is 9.47 Å². The Morgan fingerprint density at radius 3 is 2.64 bits per heavy atom. The molecular weight excluding hydrogens is 372 g/mol. The van der Waals surface area contributed by atoms with Crippen LogP contribution in [0.4, 0.5) is 0 Å². The Bertz CT molecular complexity index is 937. The number of amides is 1. The van der Waals surface area contributed by atoms with Crippen molar-refractivity contribution in [3.8, 4) is 11.5 Å². The second-order valence-electron chi connectivity index (χ2n) is 6.40. The van der Waals surface area contributed by atoms with Gasteiger partial charge in [0.2, 0.25) is 0 Å². The maximum atomic E-state index is 12.3. The van der Waals surface area contributed by atoms with Gasteiger partial charge >= 0.3 is 0 Å². The number of likely N-dealkylation sites (N-methyl/N-ethyl adjacent to an activating group) is 1. The van der Waals surface area contributed by atoms with Gasteiger partial charge in [-0.2, -0.15) is 0 Å². The second-order valence-corrected chi connectivity index (χ2v) is 7.41. The third kappa shape index (κ3) is 4.57. The number of aryl methyl sites for hydroxylation is 1. The molecule has 1 heterocycles. The molecule has 146 valence electrons. The van der Waals surface area contributed by atoms with Gasteiger partial charge in [-0.15, -0.1) is 0 Å². The summed E-state index contributed by atoms with van der Waals surface area (Å²) in [5, 5.41) is 0.694. The lowest BCUT2D eigenvalue weighted by Crippen LogP contribution is -2.23. The Balaban J connectivity index is 1.81. The van der Waals surface area contributed by atoms with E-state index in [1.807, 2.05) is 43.3 Å². The second kappa shape index (κ2) is 8.97. The molecule has 3 rings (SSSR count). The van der Waals surface area contributed by atoms with Crippen molar-refractivity contribution in [1.29, 1.82) is 0 Å². The summed E-state index contributed by atoms with van der Waals surface area (Å²) in [6.07, 6.45) is 1.86. The van der Waals surface area contributed by atoms with E-state index in [0.717, 1.165) is 11.1 Å². The minimum atomic E-state index is -0.0525. The Hall–Kier alpha value is -2.73. The maximum absolute atomic E-state index is 12.3. The number of hydrogen-bond acceptors (Lipinski definition) is 5. The van der Waals surface area contributed by atoms with Gasteiger partial charge in [0.05, 0.1) is 11.5 Å². The summed E-state index contributed by atoms with van der Waals surface area (Å²) in [4.78, 5) is 18.7. The molecular formula is C22H24N2O3S. The van der Waals surface area contributed by atoms with Gasteiger partial charge in [0.1, 0.15) is 6.61 Å². The van der Waals surface area contributed by atoms with Crippen LogP contribution >= 0.6 is 11.8 Å². The Kier molecular flexibility index (Phi) is 6.41. The summed E-state index contributed by atoms with van der Waals surface area (Å²) in [6.45, 7) is 5.00. The van der Waals surface area contributed by atoms with E-state index in [2.05, 4.69) is 24.0 Å². The van der Waals surface area contributed by atoms with E-state index in [1.165, 1.54) is 17.3 Å². The van der Waals surface area contributed by atoms with Gasteiger partial charge in [-0.1, -0.05) is 35.9 Å². The summed E-state index contributed by atoms with van der Waals surface area (Å²) in [6, 6.07) is 13.9. The fourth-order valence-corrected chi connectivity index (χ4v) is 3.79. The molecule has 2 aromatic rings. The van der Waals surface area contributed by atoms with Gasteiger partial charge in [-0.3, -0.25) is 14.7 Å². The van der Waals surface area contributed by atoms with Crippen LogP contribution in [-0.2, 0) is 11.4 Å². The van der Waals surface area contributed by atoms with Crippen LogP contribution in [0.25, 0.3) is 6.08 Å². The Morgan fingerprint density at radius 1 is 1.14 bits per heavy atom. The minimum Gasteiger partial charge on any atom is -0.490 e. The fourth-order valence-electron chi connectivity index (χ4n) is 2.87. The van der Waals surface area contributed by atoms with E-state index in [4.69, 9.17) is 9.47 Å². The summed E-state index contributed by atoms with van der Waals surface area (Å²) in [5.74, 6) is 1.30. The molecule has 0 unspecified atom stereocenters. The number of thioether (sulfide) groups is 1. The van der Waals surface area contributed by atoms with Crippen LogP contribution in [0, 0.1) is 6.92 Å². The number of carbonyl (C=O) groups is 1. The first-order valence-corrected chi connectivity index (χ1v) is 9.93. The maximum Gasteiger partial charge on any atom is 0.266 e. The van der Waals surface area contributed by atoms with Crippen molar-refractivity contribution in [2.45, 2.75) is 20.5 Å². The van der Waals surface area contributed by atoms with Crippen LogP contribution in [0.15, 0.2) is 52.4 Å². The normalized spacial score (nSPS) is 16.9. The molecule has 0 aliphatic carbocycles. The summed E-state index contributed by atoms with van der Waals surface area (Å²) in [5.41, 5.74) is 3.19. The Morgan fingerprint density at radius 2 is 1.96 bits per heavy atom. The van der Waals surface area contributed by atoms with Crippen LogP contribution in [0.1, 0.15) is 23.6 Å². The molecule has 1 saturated heterocycles. The number of benzene rings is 2. The first-order valence-electron chi connectivity index (χ1n) is 9.11. The highest BCUT2D eigenvalue weighted by atomic mass is 32.2. The number of ether oxygens (including phenoxy) is 2. The molecule has 0 N–H and O–H groups in total. The minimum absolute atomic E-state index is 0.0525. The number of rotatable bonds is 6. The zero-order chi connectivity index (χ0) is 20.1. The SMILES string of the molecule is CCOc1cc(/C=C2/SC(=NC)N(C)C2=O)ccc1OCc1cccc(C)c1. The molecule has 1 fully saturated rings. The van der Waals surface area contributed by atoms with E-state index in [-0.39, 0.29) is 5.91 Å². The third-order valence-electron chi connectivity index (χ3n) is 4.24. The van der Waals surface area contributed by atoms with Crippen LogP contribution < -0.4 is 9.47 Å².